The summed E-state index contributed by atoms with van der Waals surface area (Å²) in [7, 11) is 4.78. The van der Waals surface area contributed by atoms with Crippen LogP contribution in [0.3, 0.4) is 0 Å². The molecule has 0 radical (unpaired) electrons. The zero-order valence-corrected chi connectivity index (χ0v) is 16.2. The van der Waals surface area contributed by atoms with E-state index < -0.39 is 0 Å². The average molecular weight is 369 g/mol. The van der Waals surface area contributed by atoms with Gasteiger partial charge in [-0.25, -0.2) is 4.79 Å². The molecule has 0 saturated heterocycles. The summed E-state index contributed by atoms with van der Waals surface area (Å²) in [6.45, 7) is 5.58. The summed E-state index contributed by atoms with van der Waals surface area (Å²) < 4.78 is 10.0. The van der Waals surface area contributed by atoms with Crippen molar-refractivity contribution in [1.29, 1.82) is 0 Å². The Labute approximate surface area is 156 Å². The quantitative estimate of drug-likeness (QED) is 0.685. The van der Waals surface area contributed by atoms with Crippen LogP contribution in [0.15, 0.2) is 27.8 Å². The fraction of sp³-hybridized carbons (Fsp3) is 0.421. The lowest BCUT2D eigenvalue weighted by Crippen LogP contribution is -2.38. The largest absolute Gasteiger partial charge is 0.495 e. The van der Waals surface area contributed by atoms with Crippen LogP contribution >= 0.6 is 0 Å². The summed E-state index contributed by atoms with van der Waals surface area (Å²) in [5.41, 5.74) is 2.17. The lowest BCUT2D eigenvalue weighted by Gasteiger charge is -2.33. The molecule has 142 valence electrons. The predicted molar refractivity (Wildman–Crippen MR) is 104 cm³/mol. The normalized spacial score (nSPS) is 16.6. The van der Waals surface area contributed by atoms with Gasteiger partial charge in [0.15, 0.2) is 11.2 Å². The average Bonchev–Trinajstić information content (AvgIpc) is 3.03. The molecule has 3 aromatic rings. The Balaban J connectivity index is 2.06. The number of imidazole rings is 1. The van der Waals surface area contributed by atoms with Crippen LogP contribution in [0.4, 0.5) is 11.6 Å². The van der Waals surface area contributed by atoms with E-state index in [4.69, 9.17) is 9.72 Å². The molecule has 0 aliphatic carbocycles. The molecule has 3 heterocycles. The summed E-state index contributed by atoms with van der Waals surface area (Å²) in [4.78, 5) is 31.9. The van der Waals surface area contributed by atoms with Gasteiger partial charge < -0.3 is 14.2 Å². The Bertz CT molecular complexity index is 1170. The molecule has 0 unspecified atom stereocenters. The predicted octanol–water partition coefficient (Wildman–Crippen LogP) is 1.54. The van der Waals surface area contributed by atoms with Gasteiger partial charge in [-0.3, -0.25) is 13.9 Å². The Morgan fingerprint density at radius 1 is 1.15 bits per heavy atom. The first-order valence-electron chi connectivity index (χ1n) is 8.92. The van der Waals surface area contributed by atoms with Gasteiger partial charge in [0, 0.05) is 27.2 Å². The minimum Gasteiger partial charge on any atom is -0.495 e. The maximum Gasteiger partial charge on any atom is 0.332 e. The fourth-order valence-electron chi connectivity index (χ4n) is 3.79. The standard InChI is InChI=1S/C19H23N5O3/c1-11-6-7-14(27-5)13(8-11)23-9-12(2)10-24-15-16(20-18(23)24)21(3)19(26)22(4)17(15)25/h6-8,12H,9-10H2,1-5H3/t12-/m0/s1. The number of hydrogen-bond donors (Lipinski definition) is 0. The molecule has 0 saturated carbocycles. The van der Waals surface area contributed by atoms with Gasteiger partial charge in [-0.2, -0.15) is 4.98 Å². The zero-order chi connectivity index (χ0) is 19.5. The minimum absolute atomic E-state index is 0.294. The molecule has 8 nitrogen and oxygen atoms in total. The van der Waals surface area contributed by atoms with Crippen LogP contribution in [0.25, 0.3) is 11.2 Å². The molecular formula is C19H23N5O3. The summed E-state index contributed by atoms with van der Waals surface area (Å²) in [6, 6.07) is 5.99. The lowest BCUT2D eigenvalue weighted by atomic mass is 10.1. The highest BCUT2D eigenvalue weighted by molar-refractivity contribution is 5.78. The van der Waals surface area contributed by atoms with Crippen molar-refractivity contribution in [2.24, 2.45) is 20.0 Å². The highest BCUT2D eigenvalue weighted by Gasteiger charge is 2.30. The number of fused-ring (bicyclic) bond motifs is 3. The van der Waals surface area contributed by atoms with Gasteiger partial charge in [-0.1, -0.05) is 13.0 Å². The molecule has 0 fully saturated rings. The molecule has 4 rings (SSSR count). The first-order chi connectivity index (χ1) is 12.8. The van der Waals surface area contributed by atoms with Gasteiger partial charge in [0.1, 0.15) is 5.75 Å². The number of rotatable bonds is 2. The van der Waals surface area contributed by atoms with E-state index in [9.17, 15) is 9.59 Å². The third-order valence-electron chi connectivity index (χ3n) is 5.18. The number of methoxy groups -OCH3 is 1. The molecular weight excluding hydrogens is 346 g/mol. The van der Waals surface area contributed by atoms with E-state index in [1.165, 1.54) is 11.6 Å². The molecule has 1 aliphatic rings. The maximum atomic E-state index is 12.8. The van der Waals surface area contributed by atoms with Crippen LogP contribution in [-0.2, 0) is 20.6 Å². The number of ether oxygens (including phenoxy) is 1. The van der Waals surface area contributed by atoms with Crippen LogP contribution in [0, 0.1) is 12.8 Å². The SMILES string of the molecule is COc1ccc(C)cc1N1C[C@H](C)Cn2c1nc1c2c(=O)n(C)c(=O)n1C. The van der Waals surface area contributed by atoms with E-state index in [1.54, 1.807) is 14.2 Å². The van der Waals surface area contributed by atoms with E-state index >= 15 is 0 Å². The Hall–Kier alpha value is -3.03. The first-order valence-corrected chi connectivity index (χ1v) is 8.92. The molecule has 8 heteroatoms. The number of benzene rings is 1. The number of hydrogen-bond acceptors (Lipinski definition) is 5. The lowest BCUT2D eigenvalue weighted by molar-refractivity contribution is 0.409. The number of nitrogens with zero attached hydrogens (tertiary/aromatic N) is 5. The van der Waals surface area contributed by atoms with Gasteiger partial charge in [0.05, 0.1) is 12.8 Å². The van der Waals surface area contributed by atoms with E-state index in [0.717, 1.165) is 28.1 Å². The number of aryl methyl sites for hydroxylation is 2. The van der Waals surface area contributed by atoms with Crippen LogP contribution in [-0.4, -0.2) is 32.3 Å². The third-order valence-corrected chi connectivity index (χ3v) is 5.18. The number of aromatic nitrogens is 4. The molecule has 0 N–H and O–H groups in total. The molecule has 0 bridgehead atoms. The second-order valence-corrected chi connectivity index (χ2v) is 7.29. The van der Waals surface area contributed by atoms with E-state index in [1.807, 2.05) is 23.6 Å². The van der Waals surface area contributed by atoms with Crippen molar-refractivity contribution >= 4 is 22.8 Å². The molecule has 27 heavy (non-hydrogen) atoms. The van der Waals surface area contributed by atoms with Gasteiger partial charge in [-0.15, -0.1) is 0 Å². The van der Waals surface area contributed by atoms with Crippen molar-refractivity contribution in [3.63, 3.8) is 0 Å². The topological polar surface area (TPSA) is 74.3 Å². The monoisotopic (exact) mass is 369 g/mol. The minimum atomic E-state index is -0.379. The van der Waals surface area contributed by atoms with Crippen LogP contribution in [0.1, 0.15) is 12.5 Å². The first kappa shape index (κ1) is 17.4. The molecule has 2 aromatic heterocycles. The van der Waals surface area contributed by atoms with E-state index in [0.29, 0.717) is 29.6 Å². The van der Waals surface area contributed by atoms with Crippen LogP contribution in [0.2, 0.25) is 0 Å². The van der Waals surface area contributed by atoms with Crippen LogP contribution < -0.4 is 20.9 Å². The smallest absolute Gasteiger partial charge is 0.332 e. The van der Waals surface area contributed by atoms with Gasteiger partial charge in [0.25, 0.3) is 5.56 Å². The van der Waals surface area contributed by atoms with E-state index in [2.05, 4.69) is 17.9 Å². The number of anilines is 2. The highest BCUT2D eigenvalue weighted by Crippen LogP contribution is 2.38. The Morgan fingerprint density at radius 2 is 1.89 bits per heavy atom. The van der Waals surface area contributed by atoms with Crippen molar-refractivity contribution in [2.45, 2.75) is 20.4 Å². The molecule has 1 atom stereocenters. The Morgan fingerprint density at radius 3 is 2.59 bits per heavy atom. The Kier molecular flexibility index (Phi) is 3.87. The summed E-state index contributed by atoms with van der Waals surface area (Å²) in [6.07, 6.45) is 0. The van der Waals surface area contributed by atoms with Crippen molar-refractivity contribution < 1.29 is 4.74 Å². The van der Waals surface area contributed by atoms with Crippen molar-refractivity contribution in [3.05, 3.63) is 44.6 Å². The molecule has 0 spiro atoms. The van der Waals surface area contributed by atoms with Gasteiger partial charge >= 0.3 is 5.69 Å². The highest BCUT2D eigenvalue weighted by atomic mass is 16.5. The molecule has 0 amide bonds. The zero-order valence-electron chi connectivity index (χ0n) is 16.2. The van der Waals surface area contributed by atoms with E-state index in [-0.39, 0.29) is 11.2 Å². The van der Waals surface area contributed by atoms with Crippen molar-refractivity contribution in [2.75, 3.05) is 18.6 Å². The molecule has 1 aromatic carbocycles. The van der Waals surface area contributed by atoms with Crippen LogP contribution in [0.5, 0.6) is 5.75 Å². The van der Waals surface area contributed by atoms with Gasteiger partial charge in [0.2, 0.25) is 5.95 Å². The summed E-state index contributed by atoms with van der Waals surface area (Å²) in [5.74, 6) is 1.70. The van der Waals surface area contributed by atoms with Gasteiger partial charge in [-0.05, 0) is 30.5 Å². The fourth-order valence-corrected chi connectivity index (χ4v) is 3.79. The van der Waals surface area contributed by atoms with Crippen molar-refractivity contribution in [1.82, 2.24) is 18.7 Å². The second kappa shape index (κ2) is 6.00. The maximum absolute atomic E-state index is 12.8. The molecule has 1 aliphatic heterocycles. The summed E-state index contributed by atoms with van der Waals surface area (Å²) >= 11 is 0. The second-order valence-electron chi connectivity index (χ2n) is 7.29. The van der Waals surface area contributed by atoms with Crippen molar-refractivity contribution in [3.8, 4) is 5.75 Å². The summed E-state index contributed by atoms with van der Waals surface area (Å²) in [5, 5.41) is 0. The third kappa shape index (κ3) is 2.47.